The first-order valence-corrected chi connectivity index (χ1v) is 6.17. The highest BCUT2D eigenvalue weighted by Gasteiger charge is 2.39. The Labute approximate surface area is 104 Å². The molecule has 2 nitrogen and oxygen atoms in total. The van der Waals surface area contributed by atoms with Crippen LogP contribution in [0.1, 0.15) is 32.4 Å². The minimum atomic E-state index is -0.469. The second-order valence-electron chi connectivity index (χ2n) is 4.28. The van der Waals surface area contributed by atoms with E-state index in [1.807, 2.05) is 26.0 Å². The van der Waals surface area contributed by atoms with Crippen LogP contribution >= 0.6 is 22.6 Å². The van der Waals surface area contributed by atoms with Crippen molar-refractivity contribution in [3.05, 3.63) is 33.4 Å². The summed E-state index contributed by atoms with van der Waals surface area (Å²) >= 11 is 2.34. The molecule has 0 spiro atoms. The van der Waals surface area contributed by atoms with Crippen LogP contribution < -0.4 is 0 Å². The van der Waals surface area contributed by atoms with Crippen molar-refractivity contribution < 1.29 is 9.47 Å². The summed E-state index contributed by atoms with van der Waals surface area (Å²) in [6.45, 7) is 5.97. The van der Waals surface area contributed by atoms with Gasteiger partial charge in [0.2, 0.25) is 0 Å². The molecule has 0 aromatic heterocycles. The maximum Gasteiger partial charge on any atom is 0.164 e. The van der Waals surface area contributed by atoms with E-state index >= 15 is 0 Å². The molecule has 2 rings (SSSR count). The summed E-state index contributed by atoms with van der Waals surface area (Å²) in [5.41, 5.74) is 1.22. The second-order valence-corrected chi connectivity index (χ2v) is 5.44. The number of rotatable bonds is 1. The zero-order chi connectivity index (χ0) is 11.1. The lowest BCUT2D eigenvalue weighted by Crippen LogP contribution is -2.20. The molecule has 0 unspecified atom stereocenters. The third-order valence-corrected chi connectivity index (χ3v) is 3.50. The first-order chi connectivity index (χ1) is 6.99. The van der Waals surface area contributed by atoms with E-state index in [1.54, 1.807) is 0 Å². The van der Waals surface area contributed by atoms with Crippen LogP contribution in [0.4, 0.5) is 0 Å². The molecule has 0 radical (unpaired) electrons. The van der Waals surface area contributed by atoms with Gasteiger partial charge in [0.25, 0.3) is 0 Å². The van der Waals surface area contributed by atoms with Gasteiger partial charge in [-0.3, -0.25) is 0 Å². The molecular weight excluding hydrogens is 303 g/mol. The van der Waals surface area contributed by atoms with Crippen LogP contribution in [0.25, 0.3) is 0 Å². The lowest BCUT2D eigenvalue weighted by Gasteiger charge is -2.17. The summed E-state index contributed by atoms with van der Waals surface area (Å²) in [5, 5.41) is 0. The number of hydrogen-bond acceptors (Lipinski definition) is 2. The second kappa shape index (κ2) is 4.03. The summed E-state index contributed by atoms with van der Waals surface area (Å²) in [7, 11) is 0. The number of benzene rings is 1. The summed E-state index contributed by atoms with van der Waals surface area (Å²) in [4.78, 5) is 0. The molecule has 0 N–H and O–H groups in total. The third-order valence-electron chi connectivity index (χ3n) is 2.52. The molecule has 1 heterocycles. The van der Waals surface area contributed by atoms with E-state index in [0.29, 0.717) is 0 Å². The van der Waals surface area contributed by atoms with Gasteiger partial charge in [-0.15, -0.1) is 0 Å². The fraction of sp³-hybridized carbons (Fsp3) is 0.500. The maximum absolute atomic E-state index is 5.90. The fourth-order valence-corrected chi connectivity index (χ4v) is 2.66. The molecule has 1 aromatic rings. The summed E-state index contributed by atoms with van der Waals surface area (Å²) in [5.74, 6) is -0.469. The normalized spacial score (nSPS) is 29.3. The Balaban J connectivity index is 2.29. The Morgan fingerprint density at radius 2 is 1.87 bits per heavy atom. The SMILES string of the molecule is C[C@@H]1OC(C)(C)O[C@H]1c1ccccc1I. The average Bonchev–Trinajstić information content (AvgIpc) is 2.40. The largest absolute Gasteiger partial charge is 0.344 e. The highest BCUT2D eigenvalue weighted by atomic mass is 127. The van der Waals surface area contributed by atoms with E-state index in [-0.39, 0.29) is 12.2 Å². The predicted molar refractivity (Wildman–Crippen MR) is 67.6 cm³/mol. The molecule has 1 aliphatic rings. The van der Waals surface area contributed by atoms with Gasteiger partial charge >= 0.3 is 0 Å². The third kappa shape index (κ3) is 2.34. The van der Waals surface area contributed by atoms with E-state index in [4.69, 9.17) is 9.47 Å². The van der Waals surface area contributed by atoms with Gasteiger partial charge in [0.1, 0.15) is 6.10 Å². The van der Waals surface area contributed by atoms with Gasteiger partial charge < -0.3 is 9.47 Å². The number of ether oxygens (including phenoxy) is 2. The van der Waals surface area contributed by atoms with Crippen LogP contribution in [0.15, 0.2) is 24.3 Å². The van der Waals surface area contributed by atoms with Gasteiger partial charge in [-0.1, -0.05) is 18.2 Å². The van der Waals surface area contributed by atoms with Gasteiger partial charge in [-0.2, -0.15) is 0 Å². The van der Waals surface area contributed by atoms with Gasteiger partial charge in [0.05, 0.1) is 6.10 Å². The van der Waals surface area contributed by atoms with Crippen molar-refractivity contribution in [2.45, 2.75) is 38.8 Å². The molecule has 2 atom stereocenters. The van der Waals surface area contributed by atoms with E-state index in [1.165, 1.54) is 9.13 Å². The molecule has 3 heteroatoms. The Morgan fingerprint density at radius 3 is 2.40 bits per heavy atom. The van der Waals surface area contributed by atoms with Gasteiger partial charge in [-0.25, -0.2) is 0 Å². The van der Waals surface area contributed by atoms with Crippen molar-refractivity contribution in [3.63, 3.8) is 0 Å². The minimum absolute atomic E-state index is 0.0492. The zero-order valence-corrected chi connectivity index (χ0v) is 11.3. The van der Waals surface area contributed by atoms with Crippen LogP contribution in [-0.4, -0.2) is 11.9 Å². The van der Waals surface area contributed by atoms with Crippen molar-refractivity contribution in [2.75, 3.05) is 0 Å². The Bertz CT molecular complexity index is 362. The molecule has 1 fully saturated rings. The van der Waals surface area contributed by atoms with E-state index in [0.717, 1.165) is 0 Å². The van der Waals surface area contributed by atoms with E-state index in [2.05, 4.69) is 41.6 Å². The quantitative estimate of drug-likeness (QED) is 0.738. The molecule has 0 bridgehead atoms. The summed E-state index contributed by atoms with van der Waals surface area (Å²) < 4.78 is 12.9. The highest BCUT2D eigenvalue weighted by Crippen LogP contribution is 2.39. The maximum atomic E-state index is 5.90. The van der Waals surface area contributed by atoms with Crippen LogP contribution in [0.5, 0.6) is 0 Å². The minimum Gasteiger partial charge on any atom is -0.344 e. The number of halogens is 1. The van der Waals surface area contributed by atoms with Crippen molar-refractivity contribution >= 4 is 22.6 Å². The standard InChI is InChI=1S/C12H15IO2/c1-8-11(15-12(2,3)14-8)9-6-4-5-7-10(9)13/h4-8,11H,1-3H3/t8-,11+/m0/s1. The first kappa shape index (κ1) is 11.4. The molecule has 82 valence electrons. The molecule has 1 aromatic carbocycles. The van der Waals surface area contributed by atoms with Crippen LogP contribution in [0, 0.1) is 3.57 Å². The molecule has 1 saturated heterocycles. The molecule has 0 saturated carbocycles. The van der Waals surface area contributed by atoms with E-state index in [9.17, 15) is 0 Å². The molecule has 0 aliphatic carbocycles. The molecule has 0 amide bonds. The number of hydrogen-bond donors (Lipinski definition) is 0. The average molecular weight is 318 g/mol. The van der Waals surface area contributed by atoms with Crippen molar-refractivity contribution in [3.8, 4) is 0 Å². The Kier molecular flexibility index (Phi) is 3.05. The van der Waals surface area contributed by atoms with Crippen molar-refractivity contribution in [1.29, 1.82) is 0 Å². The van der Waals surface area contributed by atoms with Crippen molar-refractivity contribution in [1.82, 2.24) is 0 Å². The van der Waals surface area contributed by atoms with Crippen LogP contribution in [0.2, 0.25) is 0 Å². The van der Waals surface area contributed by atoms with Gasteiger partial charge in [0, 0.05) is 3.57 Å². The molecular formula is C12H15IO2. The van der Waals surface area contributed by atoms with Crippen LogP contribution in [0.3, 0.4) is 0 Å². The fourth-order valence-electron chi connectivity index (χ4n) is 1.96. The van der Waals surface area contributed by atoms with E-state index < -0.39 is 5.79 Å². The van der Waals surface area contributed by atoms with Crippen LogP contribution in [-0.2, 0) is 9.47 Å². The van der Waals surface area contributed by atoms with Crippen molar-refractivity contribution in [2.24, 2.45) is 0 Å². The first-order valence-electron chi connectivity index (χ1n) is 5.10. The monoisotopic (exact) mass is 318 g/mol. The van der Waals surface area contributed by atoms with Gasteiger partial charge in [0.15, 0.2) is 5.79 Å². The predicted octanol–water partition coefficient (Wildman–Crippen LogP) is 3.50. The topological polar surface area (TPSA) is 18.5 Å². The highest BCUT2D eigenvalue weighted by molar-refractivity contribution is 14.1. The smallest absolute Gasteiger partial charge is 0.164 e. The molecule has 15 heavy (non-hydrogen) atoms. The zero-order valence-electron chi connectivity index (χ0n) is 9.16. The Hall–Kier alpha value is -0.130. The summed E-state index contributed by atoms with van der Waals surface area (Å²) in [6, 6.07) is 8.28. The molecule has 1 aliphatic heterocycles. The van der Waals surface area contributed by atoms with Gasteiger partial charge in [-0.05, 0) is 55.0 Å². The Morgan fingerprint density at radius 1 is 1.20 bits per heavy atom. The summed E-state index contributed by atoms with van der Waals surface area (Å²) in [6.07, 6.45) is 0.156. The lowest BCUT2D eigenvalue weighted by molar-refractivity contribution is -0.145. The lowest BCUT2D eigenvalue weighted by atomic mass is 10.1.